The Labute approximate surface area is 215 Å². The summed E-state index contributed by atoms with van der Waals surface area (Å²) in [6.45, 7) is 6.48. The lowest BCUT2D eigenvalue weighted by atomic mass is 9.99. The molecule has 0 radical (unpaired) electrons. The maximum atomic E-state index is 13.2. The Bertz CT molecular complexity index is 1190. The van der Waals surface area contributed by atoms with Crippen LogP contribution in [0.3, 0.4) is 0 Å². The molecule has 37 heavy (non-hydrogen) atoms. The Morgan fingerprint density at radius 1 is 1.00 bits per heavy atom. The summed E-state index contributed by atoms with van der Waals surface area (Å²) in [6.07, 6.45) is -1.57. The summed E-state index contributed by atoms with van der Waals surface area (Å²) in [5.41, 5.74) is 2.19. The predicted molar refractivity (Wildman–Crippen MR) is 138 cm³/mol. The molecular weight excluding hydrogens is 481 g/mol. The number of benzene rings is 3. The number of amides is 1. The highest BCUT2D eigenvalue weighted by Gasteiger charge is 2.31. The van der Waals surface area contributed by atoms with E-state index in [0.717, 1.165) is 32.4 Å². The van der Waals surface area contributed by atoms with Crippen LogP contribution in [0.15, 0.2) is 72.8 Å². The number of nitrogens with one attached hydrogen (secondary N) is 1. The molecule has 1 N–H and O–H groups in total. The smallest absolute Gasteiger partial charge is 0.490 e. The van der Waals surface area contributed by atoms with E-state index >= 15 is 0 Å². The van der Waals surface area contributed by atoms with E-state index < -0.39 is 6.36 Å². The van der Waals surface area contributed by atoms with Crippen LogP contribution < -0.4 is 14.8 Å². The summed E-state index contributed by atoms with van der Waals surface area (Å²) in [5, 5.41) is 2.92. The van der Waals surface area contributed by atoms with Crippen molar-refractivity contribution in [3.63, 3.8) is 0 Å². The van der Waals surface area contributed by atoms with Gasteiger partial charge in [-0.2, -0.15) is 0 Å². The van der Waals surface area contributed by atoms with E-state index in [-0.39, 0.29) is 17.8 Å². The number of alkyl halides is 3. The third kappa shape index (κ3) is 7.26. The molecule has 1 aliphatic heterocycles. The molecule has 3 aromatic rings. The maximum Gasteiger partial charge on any atom is 0.573 e. The SMILES string of the molecule is CCC(C)N1CCC(Oc2cccc(NC(=O)c3ccccc3-c3ccc(OC(F)(F)F)cc3)c2)CC1. The normalized spacial score (nSPS) is 15.7. The van der Waals surface area contributed by atoms with Gasteiger partial charge >= 0.3 is 6.36 Å². The minimum atomic E-state index is -4.76. The summed E-state index contributed by atoms with van der Waals surface area (Å²) in [4.78, 5) is 15.7. The van der Waals surface area contributed by atoms with Crippen LogP contribution in [-0.4, -0.2) is 42.4 Å². The fourth-order valence-electron chi connectivity index (χ4n) is 4.50. The first kappa shape index (κ1) is 26.5. The van der Waals surface area contributed by atoms with Crippen LogP contribution in [0.1, 0.15) is 43.5 Å². The van der Waals surface area contributed by atoms with E-state index in [0.29, 0.717) is 34.2 Å². The number of hydrogen-bond donors (Lipinski definition) is 1. The summed E-state index contributed by atoms with van der Waals surface area (Å²) in [7, 11) is 0. The van der Waals surface area contributed by atoms with E-state index in [1.165, 1.54) is 24.3 Å². The van der Waals surface area contributed by atoms with Crippen molar-refractivity contribution in [1.82, 2.24) is 4.90 Å². The van der Waals surface area contributed by atoms with Crippen molar-refractivity contribution in [3.05, 3.63) is 78.4 Å². The summed E-state index contributed by atoms with van der Waals surface area (Å²) < 4.78 is 47.6. The van der Waals surface area contributed by atoms with Gasteiger partial charge in [-0.1, -0.05) is 43.3 Å². The molecule has 1 atom stereocenters. The van der Waals surface area contributed by atoms with Crippen molar-refractivity contribution < 1.29 is 27.4 Å². The highest BCUT2D eigenvalue weighted by atomic mass is 19.4. The Balaban J connectivity index is 1.42. The predicted octanol–water partition coefficient (Wildman–Crippen LogP) is 7.15. The van der Waals surface area contributed by atoms with Gasteiger partial charge in [0, 0.05) is 36.4 Å². The highest BCUT2D eigenvalue weighted by molar-refractivity contribution is 6.08. The highest BCUT2D eigenvalue weighted by Crippen LogP contribution is 2.29. The molecule has 0 aliphatic carbocycles. The fourth-order valence-corrected chi connectivity index (χ4v) is 4.50. The first-order valence-electron chi connectivity index (χ1n) is 12.5. The Kier molecular flexibility index (Phi) is 8.38. The van der Waals surface area contributed by atoms with Gasteiger partial charge in [-0.15, -0.1) is 13.2 Å². The standard InChI is InChI=1S/C29H31F3N2O3/c1-3-20(2)34-17-15-23(16-18-34)36-25-8-6-7-22(19-25)33-28(35)27-10-5-4-9-26(27)21-11-13-24(14-12-21)37-29(30,31)32/h4-14,19-20,23H,3,15-18H2,1-2H3,(H,33,35). The molecule has 1 fully saturated rings. The van der Waals surface area contributed by atoms with Crippen LogP contribution in [-0.2, 0) is 0 Å². The monoisotopic (exact) mass is 512 g/mol. The quantitative estimate of drug-likeness (QED) is 0.348. The van der Waals surface area contributed by atoms with Gasteiger partial charge in [-0.25, -0.2) is 0 Å². The molecule has 1 amide bonds. The second-order valence-electron chi connectivity index (χ2n) is 9.21. The molecule has 0 bridgehead atoms. The number of carbonyl (C=O) groups excluding carboxylic acids is 1. The third-order valence-corrected chi connectivity index (χ3v) is 6.66. The number of anilines is 1. The van der Waals surface area contributed by atoms with Gasteiger partial charge in [0.2, 0.25) is 0 Å². The molecule has 196 valence electrons. The van der Waals surface area contributed by atoms with Gasteiger partial charge in [0.1, 0.15) is 17.6 Å². The molecule has 0 saturated carbocycles. The number of likely N-dealkylation sites (tertiary alicyclic amines) is 1. The van der Waals surface area contributed by atoms with E-state index in [9.17, 15) is 18.0 Å². The first-order chi connectivity index (χ1) is 17.7. The molecule has 1 aliphatic rings. The van der Waals surface area contributed by atoms with Crippen molar-refractivity contribution in [3.8, 4) is 22.6 Å². The average Bonchev–Trinajstić information content (AvgIpc) is 2.88. The molecule has 0 spiro atoms. The lowest BCUT2D eigenvalue weighted by molar-refractivity contribution is -0.274. The minimum absolute atomic E-state index is 0.135. The number of carbonyl (C=O) groups is 1. The van der Waals surface area contributed by atoms with Gasteiger partial charge < -0.3 is 19.7 Å². The number of ether oxygens (including phenoxy) is 2. The number of nitrogens with zero attached hydrogens (tertiary/aromatic N) is 1. The van der Waals surface area contributed by atoms with Gasteiger partial charge in [-0.3, -0.25) is 4.79 Å². The van der Waals surface area contributed by atoms with Gasteiger partial charge in [-0.05, 0) is 67.6 Å². The average molecular weight is 513 g/mol. The first-order valence-corrected chi connectivity index (χ1v) is 12.5. The number of hydrogen-bond acceptors (Lipinski definition) is 4. The lowest BCUT2D eigenvalue weighted by Gasteiger charge is -2.35. The van der Waals surface area contributed by atoms with Crippen molar-refractivity contribution >= 4 is 11.6 Å². The van der Waals surface area contributed by atoms with Gasteiger partial charge in [0.15, 0.2) is 0 Å². The summed E-state index contributed by atoms with van der Waals surface area (Å²) in [6, 6.07) is 20.3. The van der Waals surface area contributed by atoms with Crippen molar-refractivity contribution in [2.75, 3.05) is 18.4 Å². The fraction of sp³-hybridized carbons (Fsp3) is 0.345. The third-order valence-electron chi connectivity index (χ3n) is 6.66. The van der Waals surface area contributed by atoms with Crippen LogP contribution in [0.25, 0.3) is 11.1 Å². The maximum absolute atomic E-state index is 13.2. The summed E-state index contributed by atoms with van der Waals surface area (Å²) >= 11 is 0. The molecule has 1 saturated heterocycles. The van der Waals surface area contributed by atoms with E-state index in [2.05, 4.69) is 28.8 Å². The Morgan fingerprint density at radius 3 is 2.38 bits per heavy atom. The zero-order valence-electron chi connectivity index (χ0n) is 20.9. The van der Waals surface area contributed by atoms with Crippen LogP contribution in [0.4, 0.5) is 18.9 Å². The van der Waals surface area contributed by atoms with E-state index in [4.69, 9.17) is 4.74 Å². The second kappa shape index (κ2) is 11.7. The molecule has 5 nitrogen and oxygen atoms in total. The number of halogens is 3. The van der Waals surface area contributed by atoms with Crippen molar-refractivity contribution in [2.45, 2.75) is 51.6 Å². The van der Waals surface area contributed by atoms with Crippen molar-refractivity contribution in [1.29, 1.82) is 0 Å². The zero-order valence-corrected chi connectivity index (χ0v) is 20.9. The Hall–Kier alpha value is -3.52. The molecule has 1 unspecified atom stereocenters. The number of rotatable bonds is 8. The lowest BCUT2D eigenvalue weighted by Crippen LogP contribution is -2.42. The molecule has 8 heteroatoms. The van der Waals surface area contributed by atoms with E-state index in [1.807, 2.05) is 18.2 Å². The largest absolute Gasteiger partial charge is 0.573 e. The molecule has 1 heterocycles. The molecule has 3 aromatic carbocycles. The van der Waals surface area contributed by atoms with E-state index in [1.54, 1.807) is 30.3 Å². The molecular formula is C29H31F3N2O3. The van der Waals surface area contributed by atoms with Gasteiger partial charge in [0.05, 0.1) is 0 Å². The van der Waals surface area contributed by atoms with Crippen LogP contribution in [0.2, 0.25) is 0 Å². The van der Waals surface area contributed by atoms with Crippen LogP contribution in [0, 0.1) is 0 Å². The zero-order chi connectivity index (χ0) is 26.4. The van der Waals surface area contributed by atoms with Crippen LogP contribution in [0.5, 0.6) is 11.5 Å². The molecule has 0 aromatic heterocycles. The van der Waals surface area contributed by atoms with Crippen molar-refractivity contribution in [2.24, 2.45) is 0 Å². The summed E-state index contributed by atoms with van der Waals surface area (Å²) in [5.74, 6) is 0.0547. The number of piperidine rings is 1. The topological polar surface area (TPSA) is 50.8 Å². The molecule has 4 rings (SSSR count). The second-order valence-corrected chi connectivity index (χ2v) is 9.21. The van der Waals surface area contributed by atoms with Gasteiger partial charge in [0.25, 0.3) is 5.91 Å². The van der Waals surface area contributed by atoms with Crippen LogP contribution >= 0.6 is 0 Å². The minimum Gasteiger partial charge on any atom is -0.490 e. The Morgan fingerprint density at radius 2 is 1.70 bits per heavy atom.